The maximum Gasteiger partial charge on any atom is 0.329 e. The second-order valence-corrected chi connectivity index (χ2v) is 6.81. The molecular formula is C18H25N3O5S. The number of hydrogen-bond acceptors (Lipinski definition) is 6. The summed E-state index contributed by atoms with van der Waals surface area (Å²) >= 11 is 1.52. The van der Waals surface area contributed by atoms with E-state index in [1.807, 2.05) is 24.6 Å². The number of thioether (sulfide) groups is 1. The Morgan fingerprint density at radius 1 is 1.22 bits per heavy atom. The van der Waals surface area contributed by atoms with Crippen LogP contribution in [0.2, 0.25) is 0 Å². The van der Waals surface area contributed by atoms with Crippen molar-refractivity contribution in [3.8, 4) is 0 Å². The number of carbonyl (C=O) groups is 4. The predicted molar refractivity (Wildman–Crippen MR) is 104 cm³/mol. The molecule has 0 fully saturated rings. The molecule has 0 aromatic heterocycles. The van der Waals surface area contributed by atoms with Gasteiger partial charge in [-0.15, -0.1) is 0 Å². The van der Waals surface area contributed by atoms with Crippen LogP contribution in [-0.4, -0.2) is 55.0 Å². The van der Waals surface area contributed by atoms with Gasteiger partial charge in [-0.25, -0.2) is 9.59 Å². The summed E-state index contributed by atoms with van der Waals surface area (Å²) in [7, 11) is 1.36. The van der Waals surface area contributed by atoms with Crippen molar-refractivity contribution in [2.45, 2.75) is 32.4 Å². The van der Waals surface area contributed by atoms with Gasteiger partial charge in [0.15, 0.2) is 6.10 Å². The van der Waals surface area contributed by atoms with Crippen molar-refractivity contribution in [1.82, 2.24) is 16.0 Å². The average molecular weight is 395 g/mol. The van der Waals surface area contributed by atoms with E-state index in [0.29, 0.717) is 17.7 Å². The lowest BCUT2D eigenvalue weighted by atomic mass is 10.1. The van der Waals surface area contributed by atoms with Gasteiger partial charge in [-0.05, 0) is 44.4 Å². The molecule has 0 spiro atoms. The molecule has 0 radical (unpaired) electrons. The molecule has 0 saturated carbocycles. The van der Waals surface area contributed by atoms with E-state index < -0.39 is 36.0 Å². The van der Waals surface area contributed by atoms with Crippen molar-refractivity contribution in [3.63, 3.8) is 0 Å². The van der Waals surface area contributed by atoms with Crippen molar-refractivity contribution in [3.05, 3.63) is 35.4 Å². The molecule has 0 aliphatic rings. The van der Waals surface area contributed by atoms with E-state index >= 15 is 0 Å². The largest absolute Gasteiger partial charge is 0.451 e. The normalized spacial score (nSPS) is 12.4. The summed E-state index contributed by atoms with van der Waals surface area (Å²) in [6.45, 7) is 3.22. The van der Waals surface area contributed by atoms with Crippen LogP contribution in [0.1, 0.15) is 29.3 Å². The second kappa shape index (κ2) is 11.2. The van der Waals surface area contributed by atoms with Gasteiger partial charge in [-0.1, -0.05) is 17.7 Å². The summed E-state index contributed by atoms with van der Waals surface area (Å²) in [6.07, 6.45) is 1.05. The fourth-order valence-electron chi connectivity index (χ4n) is 2.10. The van der Waals surface area contributed by atoms with Crippen molar-refractivity contribution in [2.75, 3.05) is 19.1 Å². The molecule has 9 heteroatoms. The lowest BCUT2D eigenvalue weighted by Gasteiger charge is -2.20. The first-order valence-corrected chi connectivity index (χ1v) is 9.77. The maximum atomic E-state index is 12.4. The third-order valence-corrected chi connectivity index (χ3v) is 4.25. The number of hydrogen-bond donors (Lipinski definition) is 3. The van der Waals surface area contributed by atoms with Gasteiger partial charge in [-0.2, -0.15) is 11.8 Å². The molecular weight excluding hydrogens is 370 g/mol. The molecule has 148 valence electrons. The Morgan fingerprint density at radius 3 is 2.52 bits per heavy atom. The number of carbonyl (C=O) groups excluding carboxylic acids is 4. The molecule has 0 aliphatic carbocycles. The minimum absolute atomic E-state index is 0.349. The van der Waals surface area contributed by atoms with Crippen molar-refractivity contribution in [2.24, 2.45) is 0 Å². The Bertz CT molecular complexity index is 695. The van der Waals surface area contributed by atoms with Crippen LogP contribution in [0.3, 0.4) is 0 Å². The van der Waals surface area contributed by atoms with Crippen molar-refractivity contribution in [1.29, 1.82) is 0 Å². The highest BCUT2D eigenvalue weighted by molar-refractivity contribution is 7.98. The lowest BCUT2D eigenvalue weighted by molar-refractivity contribution is -0.156. The molecule has 0 aliphatic heterocycles. The van der Waals surface area contributed by atoms with Gasteiger partial charge in [0.2, 0.25) is 0 Å². The van der Waals surface area contributed by atoms with E-state index in [9.17, 15) is 19.2 Å². The number of imide groups is 1. The number of benzene rings is 1. The van der Waals surface area contributed by atoms with Crippen molar-refractivity contribution < 1.29 is 23.9 Å². The van der Waals surface area contributed by atoms with Gasteiger partial charge in [0.1, 0.15) is 6.04 Å². The van der Waals surface area contributed by atoms with Gasteiger partial charge < -0.3 is 15.4 Å². The molecule has 8 nitrogen and oxygen atoms in total. The molecule has 2 atom stereocenters. The smallest absolute Gasteiger partial charge is 0.329 e. The maximum absolute atomic E-state index is 12.4. The zero-order valence-electron chi connectivity index (χ0n) is 15.8. The number of aryl methyl sites for hydroxylation is 1. The molecule has 3 N–H and O–H groups in total. The SMILES string of the molecule is CNC(=O)NC(=O)[C@H](C)OC(=O)[C@H](CCSC)NC(=O)c1cccc(C)c1. The van der Waals surface area contributed by atoms with Crippen LogP contribution in [0.15, 0.2) is 24.3 Å². The number of nitrogens with one attached hydrogen (secondary N) is 3. The Hall–Kier alpha value is -2.55. The molecule has 0 unspecified atom stereocenters. The van der Waals surface area contributed by atoms with Crippen LogP contribution in [0, 0.1) is 6.92 Å². The van der Waals surface area contributed by atoms with Gasteiger partial charge in [-0.3, -0.25) is 14.9 Å². The van der Waals surface area contributed by atoms with Crippen LogP contribution < -0.4 is 16.0 Å². The van der Waals surface area contributed by atoms with Gasteiger partial charge in [0.05, 0.1) is 0 Å². The molecule has 27 heavy (non-hydrogen) atoms. The van der Waals surface area contributed by atoms with E-state index in [1.54, 1.807) is 18.2 Å². The topological polar surface area (TPSA) is 114 Å². The van der Waals surface area contributed by atoms with E-state index in [1.165, 1.54) is 25.7 Å². The van der Waals surface area contributed by atoms with Crippen LogP contribution in [0.25, 0.3) is 0 Å². The number of ether oxygens (including phenoxy) is 1. The number of rotatable bonds is 8. The van der Waals surface area contributed by atoms with Gasteiger partial charge in [0.25, 0.3) is 11.8 Å². The predicted octanol–water partition coefficient (Wildman–Crippen LogP) is 1.23. The second-order valence-electron chi connectivity index (χ2n) is 5.82. The first-order chi connectivity index (χ1) is 12.8. The monoisotopic (exact) mass is 395 g/mol. The number of urea groups is 1. The highest BCUT2D eigenvalue weighted by Gasteiger charge is 2.27. The summed E-state index contributed by atoms with van der Waals surface area (Å²) in [4.78, 5) is 47.8. The van der Waals surface area contributed by atoms with Crippen LogP contribution in [0.5, 0.6) is 0 Å². The highest BCUT2D eigenvalue weighted by atomic mass is 32.2. The lowest BCUT2D eigenvalue weighted by Crippen LogP contribution is -2.47. The summed E-state index contributed by atoms with van der Waals surface area (Å²) in [5.41, 5.74) is 1.35. The molecule has 1 rings (SSSR count). The fourth-order valence-corrected chi connectivity index (χ4v) is 2.57. The molecule has 0 bridgehead atoms. The quantitative estimate of drug-likeness (QED) is 0.571. The molecule has 1 aromatic rings. The Morgan fingerprint density at radius 2 is 1.93 bits per heavy atom. The summed E-state index contributed by atoms with van der Waals surface area (Å²) in [5.74, 6) is -1.27. The van der Waals surface area contributed by atoms with Crippen LogP contribution >= 0.6 is 11.8 Å². The summed E-state index contributed by atoms with van der Waals surface area (Å²) < 4.78 is 5.12. The molecule has 1 aromatic carbocycles. The minimum Gasteiger partial charge on any atom is -0.451 e. The summed E-state index contributed by atoms with van der Waals surface area (Å²) in [6, 6.07) is 5.38. The van der Waals surface area contributed by atoms with E-state index in [2.05, 4.69) is 10.6 Å². The minimum atomic E-state index is -1.18. The standard InChI is InChI=1S/C18H25N3O5S/c1-11-6-5-7-13(10-11)16(23)20-14(8-9-27-4)17(24)26-12(2)15(22)21-18(25)19-3/h5-7,10,12,14H,8-9H2,1-4H3,(H,20,23)(H2,19,21,22,25)/t12-,14-/m0/s1. The third kappa shape index (κ3) is 7.69. The summed E-state index contributed by atoms with van der Waals surface area (Å²) in [5, 5.41) is 6.92. The average Bonchev–Trinajstić information content (AvgIpc) is 2.64. The van der Waals surface area contributed by atoms with E-state index in [0.717, 1.165) is 5.56 Å². The number of esters is 1. The molecule has 0 heterocycles. The molecule has 4 amide bonds. The van der Waals surface area contributed by atoms with Gasteiger partial charge >= 0.3 is 12.0 Å². The third-order valence-electron chi connectivity index (χ3n) is 3.61. The highest BCUT2D eigenvalue weighted by Crippen LogP contribution is 2.08. The Labute approximate surface area is 162 Å². The van der Waals surface area contributed by atoms with Gasteiger partial charge in [0, 0.05) is 12.6 Å². The first kappa shape index (κ1) is 22.5. The van der Waals surface area contributed by atoms with Crippen molar-refractivity contribution >= 4 is 35.6 Å². The van der Waals surface area contributed by atoms with E-state index in [4.69, 9.17) is 4.74 Å². The fraction of sp³-hybridized carbons (Fsp3) is 0.444. The first-order valence-electron chi connectivity index (χ1n) is 8.38. The Balaban J connectivity index is 2.76. The van der Waals surface area contributed by atoms with E-state index in [-0.39, 0.29) is 0 Å². The van der Waals surface area contributed by atoms with Crippen LogP contribution in [-0.2, 0) is 14.3 Å². The van der Waals surface area contributed by atoms with Crippen LogP contribution in [0.4, 0.5) is 4.79 Å². The Kier molecular flexibility index (Phi) is 9.35. The zero-order chi connectivity index (χ0) is 20.4. The zero-order valence-corrected chi connectivity index (χ0v) is 16.6. The number of amides is 4. The molecule has 0 saturated heterocycles.